The lowest BCUT2D eigenvalue weighted by atomic mass is 9.82. The van der Waals surface area contributed by atoms with E-state index in [9.17, 15) is 18.0 Å². The molecule has 3 aliphatic rings. The van der Waals surface area contributed by atoms with Gasteiger partial charge >= 0.3 is 5.97 Å². The van der Waals surface area contributed by atoms with Gasteiger partial charge in [0.1, 0.15) is 19.3 Å². The molecular formula is C15H21NO7S. The van der Waals surface area contributed by atoms with Crippen LogP contribution in [0.1, 0.15) is 19.8 Å². The Kier molecular flexibility index (Phi) is 4.43. The molecule has 0 spiro atoms. The summed E-state index contributed by atoms with van der Waals surface area (Å²) in [5, 5.41) is 2.04. The third-order valence-corrected chi connectivity index (χ3v) is 6.85. The number of amides is 1. The van der Waals surface area contributed by atoms with Crippen molar-refractivity contribution in [1.82, 2.24) is 5.32 Å². The first-order valence-corrected chi connectivity index (χ1v) is 9.33. The average Bonchev–Trinajstić information content (AvgIpc) is 3.06. The van der Waals surface area contributed by atoms with Gasteiger partial charge in [0.25, 0.3) is 10.1 Å². The number of esters is 1. The molecule has 0 aromatic heterocycles. The number of nitrogens with one attached hydrogen (secondary N) is 1. The van der Waals surface area contributed by atoms with Crippen molar-refractivity contribution in [2.75, 3.05) is 19.8 Å². The number of rotatable bonds is 7. The van der Waals surface area contributed by atoms with Crippen LogP contribution < -0.4 is 5.32 Å². The fourth-order valence-electron chi connectivity index (χ4n) is 4.12. The van der Waals surface area contributed by atoms with Gasteiger partial charge in [0.05, 0.1) is 17.9 Å². The highest BCUT2D eigenvalue weighted by Crippen LogP contribution is 2.61. The summed E-state index contributed by atoms with van der Waals surface area (Å²) in [6.45, 7) is 5.23. The zero-order valence-corrected chi connectivity index (χ0v) is 14.2. The molecule has 2 saturated carbocycles. The Morgan fingerprint density at radius 1 is 1.42 bits per heavy atom. The molecule has 2 bridgehead atoms. The molecule has 5 atom stereocenters. The van der Waals surface area contributed by atoms with E-state index >= 15 is 0 Å². The standard InChI is InChI=1S/C15H21NO7S/c1-3-11(17)16-4-5-21-12(18)8-22-14-13-9-6-15(14,2)7-10(9)24(19,20)23-13/h3,9-10,13-14H,1,4-8H2,2H3,(H,16,17). The molecule has 9 heteroatoms. The van der Waals surface area contributed by atoms with Gasteiger partial charge in [0, 0.05) is 5.92 Å². The van der Waals surface area contributed by atoms with E-state index in [1.165, 1.54) is 0 Å². The normalized spacial score (nSPS) is 38.0. The third-order valence-electron chi connectivity index (χ3n) is 5.10. The first-order chi connectivity index (χ1) is 11.3. The lowest BCUT2D eigenvalue weighted by molar-refractivity contribution is -0.156. The molecule has 1 saturated heterocycles. The van der Waals surface area contributed by atoms with Gasteiger partial charge in [-0.2, -0.15) is 8.42 Å². The monoisotopic (exact) mass is 359 g/mol. The van der Waals surface area contributed by atoms with E-state index in [2.05, 4.69) is 11.9 Å². The maximum absolute atomic E-state index is 11.9. The highest BCUT2D eigenvalue weighted by atomic mass is 32.2. The Bertz CT molecular complexity index is 661. The summed E-state index contributed by atoms with van der Waals surface area (Å²) < 4.78 is 39.7. The molecule has 3 rings (SSSR count). The van der Waals surface area contributed by atoms with E-state index in [-0.39, 0.29) is 37.0 Å². The van der Waals surface area contributed by atoms with E-state index in [0.29, 0.717) is 6.42 Å². The Balaban J connectivity index is 1.47. The van der Waals surface area contributed by atoms with Crippen LogP contribution in [0.2, 0.25) is 0 Å². The van der Waals surface area contributed by atoms with Crippen molar-refractivity contribution in [2.45, 2.75) is 37.2 Å². The van der Waals surface area contributed by atoms with Gasteiger partial charge in [-0.25, -0.2) is 4.79 Å². The minimum atomic E-state index is -3.51. The fourth-order valence-corrected chi connectivity index (χ4v) is 6.08. The van der Waals surface area contributed by atoms with Crippen LogP contribution in [-0.4, -0.2) is 57.5 Å². The Morgan fingerprint density at radius 2 is 2.17 bits per heavy atom. The second kappa shape index (κ2) is 6.12. The highest BCUT2D eigenvalue weighted by molar-refractivity contribution is 7.87. The van der Waals surface area contributed by atoms with Crippen molar-refractivity contribution in [2.24, 2.45) is 11.3 Å². The summed E-state index contributed by atoms with van der Waals surface area (Å²) in [6, 6.07) is 0. The SMILES string of the molecule is C=CC(=O)NCCOC(=O)COC1C2OS(=O)(=O)C3CC1(C)CC23. The summed E-state index contributed by atoms with van der Waals surface area (Å²) >= 11 is 0. The lowest BCUT2D eigenvalue weighted by Crippen LogP contribution is -2.42. The van der Waals surface area contributed by atoms with Crippen molar-refractivity contribution >= 4 is 22.0 Å². The summed E-state index contributed by atoms with van der Waals surface area (Å²) in [4.78, 5) is 22.7. The number of carbonyl (C=O) groups excluding carboxylic acids is 2. The van der Waals surface area contributed by atoms with Crippen LogP contribution in [0.5, 0.6) is 0 Å². The summed E-state index contributed by atoms with van der Waals surface area (Å²) in [7, 11) is -3.51. The lowest BCUT2D eigenvalue weighted by Gasteiger charge is -2.32. The third kappa shape index (κ3) is 2.96. The predicted octanol–water partition coefficient (Wildman–Crippen LogP) is -0.256. The topological polar surface area (TPSA) is 108 Å². The van der Waals surface area contributed by atoms with Gasteiger partial charge in [-0.3, -0.25) is 8.98 Å². The van der Waals surface area contributed by atoms with Crippen molar-refractivity contribution in [3.63, 3.8) is 0 Å². The molecule has 1 aliphatic heterocycles. The number of fused-ring (bicyclic) bond motifs is 1. The molecule has 3 fully saturated rings. The smallest absolute Gasteiger partial charge is 0.332 e. The van der Waals surface area contributed by atoms with Crippen LogP contribution in [-0.2, 0) is 33.4 Å². The number of hydrogen-bond acceptors (Lipinski definition) is 7. The number of ether oxygens (including phenoxy) is 2. The fraction of sp³-hybridized carbons (Fsp3) is 0.733. The molecular weight excluding hydrogens is 338 g/mol. The first kappa shape index (κ1) is 17.4. The van der Waals surface area contributed by atoms with Crippen LogP contribution in [0.3, 0.4) is 0 Å². The molecule has 1 N–H and O–H groups in total. The largest absolute Gasteiger partial charge is 0.462 e. The Morgan fingerprint density at radius 3 is 2.88 bits per heavy atom. The second-order valence-electron chi connectivity index (χ2n) is 6.77. The van der Waals surface area contributed by atoms with Crippen molar-refractivity contribution in [1.29, 1.82) is 0 Å². The molecule has 134 valence electrons. The van der Waals surface area contributed by atoms with E-state index in [1.807, 2.05) is 6.92 Å². The molecule has 24 heavy (non-hydrogen) atoms. The second-order valence-corrected chi connectivity index (χ2v) is 8.55. The molecule has 1 amide bonds. The van der Waals surface area contributed by atoms with Crippen LogP contribution in [0, 0.1) is 11.3 Å². The molecule has 0 radical (unpaired) electrons. The van der Waals surface area contributed by atoms with E-state index in [0.717, 1.165) is 12.5 Å². The summed E-state index contributed by atoms with van der Waals surface area (Å²) in [6.07, 6.45) is 1.44. The van der Waals surface area contributed by atoms with Gasteiger partial charge in [0.15, 0.2) is 0 Å². The van der Waals surface area contributed by atoms with Gasteiger partial charge in [-0.05, 0) is 24.3 Å². The van der Waals surface area contributed by atoms with Crippen molar-refractivity contribution in [3.8, 4) is 0 Å². The molecule has 8 nitrogen and oxygen atoms in total. The Labute approximate surface area is 140 Å². The summed E-state index contributed by atoms with van der Waals surface area (Å²) in [5.41, 5.74) is -0.290. The minimum Gasteiger partial charge on any atom is -0.462 e. The van der Waals surface area contributed by atoms with Gasteiger partial charge in [-0.1, -0.05) is 13.5 Å². The van der Waals surface area contributed by atoms with E-state index in [4.69, 9.17) is 13.7 Å². The predicted molar refractivity (Wildman–Crippen MR) is 82.3 cm³/mol. The molecule has 1 heterocycles. The van der Waals surface area contributed by atoms with E-state index in [1.54, 1.807) is 0 Å². The van der Waals surface area contributed by atoms with Crippen molar-refractivity contribution < 1.29 is 31.7 Å². The van der Waals surface area contributed by atoms with E-state index < -0.39 is 33.5 Å². The van der Waals surface area contributed by atoms with Crippen LogP contribution in [0.25, 0.3) is 0 Å². The van der Waals surface area contributed by atoms with Gasteiger partial charge < -0.3 is 14.8 Å². The highest BCUT2D eigenvalue weighted by Gasteiger charge is 2.69. The first-order valence-electron chi connectivity index (χ1n) is 7.86. The molecule has 0 aromatic carbocycles. The average molecular weight is 359 g/mol. The maximum Gasteiger partial charge on any atom is 0.332 e. The van der Waals surface area contributed by atoms with Crippen molar-refractivity contribution in [3.05, 3.63) is 12.7 Å². The van der Waals surface area contributed by atoms with Crippen LogP contribution in [0.4, 0.5) is 0 Å². The van der Waals surface area contributed by atoms with Crippen LogP contribution in [0.15, 0.2) is 12.7 Å². The van der Waals surface area contributed by atoms with Gasteiger partial charge in [0.2, 0.25) is 5.91 Å². The quantitative estimate of drug-likeness (QED) is 0.289. The number of carbonyl (C=O) groups is 2. The summed E-state index contributed by atoms with van der Waals surface area (Å²) in [5.74, 6) is -0.951. The number of hydrogen-bond donors (Lipinski definition) is 1. The molecule has 5 unspecified atom stereocenters. The zero-order valence-electron chi connectivity index (χ0n) is 13.4. The zero-order chi connectivity index (χ0) is 17.5. The Hall–Kier alpha value is -1.45. The maximum atomic E-state index is 11.9. The van der Waals surface area contributed by atoms with Crippen LogP contribution >= 0.6 is 0 Å². The van der Waals surface area contributed by atoms with Gasteiger partial charge in [-0.15, -0.1) is 0 Å². The molecule has 0 aromatic rings. The minimum absolute atomic E-state index is 0.0305. The molecule has 2 aliphatic carbocycles.